The van der Waals surface area contributed by atoms with Gasteiger partial charge in [-0.3, -0.25) is 4.90 Å². The van der Waals surface area contributed by atoms with E-state index in [0.29, 0.717) is 13.2 Å². The molecule has 0 bridgehead atoms. The molecule has 4 nitrogen and oxygen atoms in total. The first-order valence-electron chi connectivity index (χ1n) is 10.7. The van der Waals surface area contributed by atoms with E-state index in [4.69, 9.17) is 9.47 Å². The SMILES string of the molecule is CCCCCCCCCCN1CCN(c2cccc3c2OCCO3)CC1. The van der Waals surface area contributed by atoms with Gasteiger partial charge >= 0.3 is 0 Å². The number of ether oxygens (including phenoxy) is 2. The van der Waals surface area contributed by atoms with Crippen molar-refractivity contribution in [3.63, 3.8) is 0 Å². The predicted molar refractivity (Wildman–Crippen MR) is 109 cm³/mol. The predicted octanol–water partition coefficient (Wildman–Crippen LogP) is 4.72. The van der Waals surface area contributed by atoms with Crippen molar-refractivity contribution in [2.45, 2.75) is 58.3 Å². The number of piperazine rings is 1. The maximum Gasteiger partial charge on any atom is 0.184 e. The maximum atomic E-state index is 5.88. The molecule has 4 heteroatoms. The lowest BCUT2D eigenvalue weighted by Gasteiger charge is -2.37. The highest BCUT2D eigenvalue weighted by Crippen LogP contribution is 2.39. The van der Waals surface area contributed by atoms with Gasteiger partial charge in [-0.1, -0.05) is 57.9 Å². The lowest BCUT2D eigenvalue weighted by Crippen LogP contribution is -2.46. The van der Waals surface area contributed by atoms with Crippen molar-refractivity contribution in [1.82, 2.24) is 4.90 Å². The van der Waals surface area contributed by atoms with Crippen molar-refractivity contribution in [3.8, 4) is 11.5 Å². The number of hydrogen-bond acceptors (Lipinski definition) is 4. The Hall–Kier alpha value is -1.42. The quantitative estimate of drug-likeness (QED) is 0.564. The van der Waals surface area contributed by atoms with Gasteiger partial charge in [0.25, 0.3) is 0 Å². The van der Waals surface area contributed by atoms with E-state index in [0.717, 1.165) is 37.7 Å². The highest BCUT2D eigenvalue weighted by atomic mass is 16.6. The van der Waals surface area contributed by atoms with Gasteiger partial charge in [0.05, 0.1) is 5.69 Å². The molecule has 0 unspecified atom stereocenters. The van der Waals surface area contributed by atoms with Crippen molar-refractivity contribution in [2.75, 3.05) is 50.8 Å². The van der Waals surface area contributed by atoms with Crippen LogP contribution in [0.1, 0.15) is 58.3 Å². The summed E-state index contributed by atoms with van der Waals surface area (Å²) in [7, 11) is 0. The summed E-state index contributed by atoms with van der Waals surface area (Å²) in [5.41, 5.74) is 1.20. The average molecular weight is 361 g/mol. The summed E-state index contributed by atoms with van der Waals surface area (Å²) >= 11 is 0. The van der Waals surface area contributed by atoms with Crippen molar-refractivity contribution in [1.29, 1.82) is 0 Å². The summed E-state index contributed by atoms with van der Waals surface area (Å²) in [5, 5.41) is 0. The number of para-hydroxylation sites is 1. The second kappa shape index (κ2) is 10.7. The first kappa shape index (κ1) is 19.3. The molecule has 1 aromatic carbocycles. The Morgan fingerprint density at radius 1 is 0.808 bits per heavy atom. The van der Waals surface area contributed by atoms with Crippen LogP contribution in [0.5, 0.6) is 11.5 Å². The van der Waals surface area contributed by atoms with Gasteiger partial charge in [0.1, 0.15) is 13.2 Å². The Morgan fingerprint density at radius 3 is 2.27 bits per heavy atom. The first-order valence-corrected chi connectivity index (χ1v) is 10.7. The molecule has 0 atom stereocenters. The minimum absolute atomic E-state index is 0.655. The lowest BCUT2D eigenvalue weighted by atomic mass is 10.1. The minimum Gasteiger partial charge on any atom is -0.486 e. The summed E-state index contributed by atoms with van der Waals surface area (Å²) in [5.74, 6) is 1.84. The van der Waals surface area contributed by atoms with Gasteiger partial charge in [-0.25, -0.2) is 0 Å². The molecule has 2 aliphatic heterocycles. The number of rotatable bonds is 10. The molecule has 0 saturated carbocycles. The van der Waals surface area contributed by atoms with Crippen LogP contribution in [0.4, 0.5) is 5.69 Å². The third kappa shape index (κ3) is 5.54. The summed E-state index contributed by atoms with van der Waals surface area (Å²) in [4.78, 5) is 5.08. The Kier molecular flexibility index (Phi) is 7.93. The van der Waals surface area contributed by atoms with E-state index in [2.05, 4.69) is 28.9 Å². The normalized spacial score (nSPS) is 17.5. The summed E-state index contributed by atoms with van der Waals surface area (Å²) in [6.45, 7) is 9.32. The minimum atomic E-state index is 0.655. The fourth-order valence-corrected chi connectivity index (χ4v) is 3.99. The van der Waals surface area contributed by atoms with Crippen LogP contribution in [-0.2, 0) is 0 Å². The van der Waals surface area contributed by atoms with Crippen molar-refractivity contribution < 1.29 is 9.47 Å². The van der Waals surface area contributed by atoms with Crippen LogP contribution < -0.4 is 14.4 Å². The van der Waals surface area contributed by atoms with E-state index in [-0.39, 0.29) is 0 Å². The molecule has 3 rings (SSSR count). The van der Waals surface area contributed by atoms with Crippen molar-refractivity contribution in [2.24, 2.45) is 0 Å². The zero-order chi connectivity index (χ0) is 18.0. The van der Waals surface area contributed by atoms with Crippen LogP contribution in [0.15, 0.2) is 18.2 Å². The van der Waals surface area contributed by atoms with Crippen LogP contribution in [0.3, 0.4) is 0 Å². The molecule has 0 amide bonds. The number of fused-ring (bicyclic) bond motifs is 1. The molecule has 2 aliphatic rings. The van der Waals surface area contributed by atoms with E-state index >= 15 is 0 Å². The molecule has 2 heterocycles. The van der Waals surface area contributed by atoms with E-state index in [1.54, 1.807) is 0 Å². The number of benzene rings is 1. The van der Waals surface area contributed by atoms with Crippen LogP contribution in [0.25, 0.3) is 0 Å². The third-order valence-corrected chi connectivity index (χ3v) is 5.59. The van der Waals surface area contributed by atoms with Gasteiger partial charge in [0, 0.05) is 26.2 Å². The number of hydrogen-bond donors (Lipinski definition) is 0. The topological polar surface area (TPSA) is 24.9 Å². The van der Waals surface area contributed by atoms with Crippen LogP contribution in [0, 0.1) is 0 Å². The molecular weight excluding hydrogens is 324 g/mol. The number of anilines is 1. The average Bonchev–Trinajstić information content (AvgIpc) is 2.70. The van der Waals surface area contributed by atoms with Crippen molar-refractivity contribution in [3.05, 3.63) is 18.2 Å². The maximum absolute atomic E-state index is 5.88. The van der Waals surface area contributed by atoms with Crippen LogP contribution in [-0.4, -0.2) is 50.8 Å². The molecule has 1 saturated heterocycles. The van der Waals surface area contributed by atoms with E-state index in [1.165, 1.54) is 63.6 Å². The fraction of sp³-hybridized carbons (Fsp3) is 0.727. The summed E-state index contributed by atoms with van der Waals surface area (Å²) < 4.78 is 11.6. The van der Waals surface area contributed by atoms with Gasteiger partial charge in [-0.2, -0.15) is 0 Å². The molecule has 1 aromatic rings. The molecule has 1 fully saturated rings. The van der Waals surface area contributed by atoms with Crippen molar-refractivity contribution >= 4 is 5.69 Å². The second-order valence-corrected chi connectivity index (χ2v) is 7.60. The molecule has 0 aliphatic carbocycles. The van der Waals surface area contributed by atoms with Gasteiger partial charge in [-0.15, -0.1) is 0 Å². The number of nitrogens with zero attached hydrogens (tertiary/aromatic N) is 2. The Balaban J connectivity index is 1.34. The Bertz CT molecular complexity index is 527. The zero-order valence-electron chi connectivity index (χ0n) is 16.5. The smallest absolute Gasteiger partial charge is 0.184 e. The highest BCUT2D eigenvalue weighted by Gasteiger charge is 2.23. The first-order chi connectivity index (χ1) is 12.9. The van der Waals surface area contributed by atoms with Crippen LogP contribution >= 0.6 is 0 Å². The Labute approximate surface area is 159 Å². The molecule has 0 radical (unpaired) electrons. The van der Waals surface area contributed by atoms with E-state index in [1.807, 2.05) is 6.07 Å². The second-order valence-electron chi connectivity index (χ2n) is 7.60. The Morgan fingerprint density at radius 2 is 1.50 bits per heavy atom. The lowest BCUT2D eigenvalue weighted by molar-refractivity contribution is 0.171. The summed E-state index contributed by atoms with van der Waals surface area (Å²) in [6, 6.07) is 6.26. The summed E-state index contributed by atoms with van der Waals surface area (Å²) in [6.07, 6.45) is 11.2. The standard InChI is InChI=1S/C22H36N2O2/c1-2-3-4-5-6-7-8-9-13-23-14-16-24(17-15-23)20-11-10-12-21-22(20)26-19-18-25-21/h10-12H,2-9,13-19H2,1H3. The highest BCUT2D eigenvalue weighted by molar-refractivity contribution is 5.65. The number of unbranched alkanes of at least 4 members (excludes halogenated alkanes) is 7. The molecular formula is C22H36N2O2. The molecule has 0 spiro atoms. The largest absolute Gasteiger partial charge is 0.486 e. The van der Waals surface area contributed by atoms with Gasteiger partial charge < -0.3 is 14.4 Å². The molecule has 0 N–H and O–H groups in total. The van der Waals surface area contributed by atoms with Gasteiger partial charge in [-0.05, 0) is 25.1 Å². The van der Waals surface area contributed by atoms with E-state index < -0.39 is 0 Å². The van der Waals surface area contributed by atoms with Crippen LogP contribution in [0.2, 0.25) is 0 Å². The van der Waals surface area contributed by atoms with Gasteiger partial charge in [0.15, 0.2) is 11.5 Å². The molecule has 0 aromatic heterocycles. The third-order valence-electron chi connectivity index (χ3n) is 5.59. The zero-order valence-corrected chi connectivity index (χ0v) is 16.5. The monoisotopic (exact) mass is 360 g/mol. The fourth-order valence-electron chi connectivity index (χ4n) is 3.99. The molecule has 146 valence electrons. The van der Waals surface area contributed by atoms with Gasteiger partial charge in [0.2, 0.25) is 0 Å². The van der Waals surface area contributed by atoms with E-state index in [9.17, 15) is 0 Å². The molecule has 26 heavy (non-hydrogen) atoms.